The molecule has 4 N–H and O–H groups in total. The van der Waals surface area contributed by atoms with Crippen molar-refractivity contribution in [2.24, 2.45) is 0 Å². The summed E-state index contributed by atoms with van der Waals surface area (Å²) in [5.74, 6) is -0.231. The first-order chi connectivity index (χ1) is 16.0. The Balaban J connectivity index is 1.63. The van der Waals surface area contributed by atoms with Crippen LogP contribution in [0.3, 0.4) is 0 Å². The number of rotatable bonds is 8. The van der Waals surface area contributed by atoms with Gasteiger partial charge < -0.3 is 15.6 Å². The van der Waals surface area contributed by atoms with E-state index in [9.17, 15) is 14.4 Å². The zero-order valence-corrected chi connectivity index (χ0v) is 18.5. The van der Waals surface area contributed by atoms with Crippen LogP contribution >= 0.6 is 0 Å². The quantitative estimate of drug-likeness (QED) is 0.386. The number of hydrogen-bond acceptors (Lipinski definition) is 4. The molecule has 2 aromatic carbocycles. The minimum Gasteiger partial charge on any atom is -0.383 e. The first kappa shape index (κ1) is 22.1. The number of nitrogens with zero attached hydrogens (tertiary/aromatic N) is 2. The number of nitrogens with one attached hydrogen (secondary N) is 2. The minimum atomic E-state index is -0.657. The molecule has 0 radical (unpaired) electrons. The number of aromatic nitrogens is 3. The van der Waals surface area contributed by atoms with Crippen LogP contribution in [0.5, 0.6) is 0 Å². The van der Waals surface area contributed by atoms with Gasteiger partial charge in [0.15, 0.2) is 5.69 Å². The lowest BCUT2D eigenvalue weighted by molar-refractivity contribution is -0.118. The van der Waals surface area contributed by atoms with Gasteiger partial charge >= 0.3 is 5.69 Å². The van der Waals surface area contributed by atoms with Crippen molar-refractivity contribution in [2.45, 2.75) is 32.7 Å². The summed E-state index contributed by atoms with van der Waals surface area (Å²) in [6.07, 6.45) is 3.27. The molecule has 2 heterocycles. The average molecular weight is 446 g/mol. The van der Waals surface area contributed by atoms with Gasteiger partial charge in [0, 0.05) is 30.1 Å². The van der Waals surface area contributed by atoms with E-state index >= 15 is 0 Å². The number of aryl methyl sites for hydroxylation is 1. The number of carbonyl (C=O) groups excluding carboxylic acids is 1. The summed E-state index contributed by atoms with van der Waals surface area (Å²) in [5, 5.41) is 1.07. The number of H-pyrrole nitrogens is 2. The molecular weight excluding hydrogens is 418 g/mol. The van der Waals surface area contributed by atoms with Gasteiger partial charge in [-0.1, -0.05) is 55.5 Å². The van der Waals surface area contributed by atoms with Gasteiger partial charge in [0.1, 0.15) is 5.82 Å². The van der Waals surface area contributed by atoms with E-state index in [1.807, 2.05) is 67.7 Å². The van der Waals surface area contributed by atoms with Gasteiger partial charge in [-0.2, -0.15) is 0 Å². The zero-order chi connectivity index (χ0) is 23.4. The van der Waals surface area contributed by atoms with Crippen molar-refractivity contribution < 1.29 is 4.79 Å². The van der Waals surface area contributed by atoms with Crippen LogP contribution in [0, 0.1) is 0 Å². The van der Waals surface area contributed by atoms with Crippen LogP contribution in [0.1, 0.15) is 30.9 Å². The lowest BCUT2D eigenvalue weighted by Gasteiger charge is -2.24. The Labute approximate surface area is 190 Å². The van der Waals surface area contributed by atoms with Crippen LogP contribution in [0.25, 0.3) is 10.9 Å². The van der Waals surface area contributed by atoms with Crippen molar-refractivity contribution in [1.29, 1.82) is 0 Å². The molecule has 33 heavy (non-hydrogen) atoms. The van der Waals surface area contributed by atoms with Crippen LogP contribution in [-0.4, -0.2) is 27.0 Å². The number of nitrogen functional groups attached to an aromatic ring is 1. The largest absolute Gasteiger partial charge is 0.383 e. The summed E-state index contributed by atoms with van der Waals surface area (Å²) < 4.78 is 1.29. The number of anilines is 2. The predicted molar refractivity (Wildman–Crippen MR) is 131 cm³/mol. The predicted octanol–water partition coefficient (Wildman–Crippen LogP) is 3.02. The molecule has 0 bridgehead atoms. The van der Waals surface area contributed by atoms with Gasteiger partial charge in [0.25, 0.3) is 5.56 Å². The standard InChI is InChI=1S/C25H27N5O3/c1-2-14-29(21(31)13-12-18-15-27-20-11-7-6-10-19(18)20)22-23(26)30(25(33)28-24(22)32)16-17-8-4-3-5-9-17/h3-11,15,27H,2,12-14,16,26H2,1H3,(H,28,32,33). The Bertz CT molecular complexity index is 1380. The normalized spacial score (nSPS) is 11.1. The van der Waals surface area contributed by atoms with E-state index in [0.29, 0.717) is 19.4 Å². The van der Waals surface area contributed by atoms with Crippen molar-refractivity contribution in [2.75, 3.05) is 17.2 Å². The summed E-state index contributed by atoms with van der Waals surface area (Å²) in [6.45, 7) is 2.44. The highest BCUT2D eigenvalue weighted by Crippen LogP contribution is 2.22. The molecule has 4 rings (SSSR count). The Morgan fingerprint density at radius 1 is 1.06 bits per heavy atom. The highest BCUT2D eigenvalue weighted by atomic mass is 16.2. The van der Waals surface area contributed by atoms with Gasteiger partial charge in [-0.3, -0.25) is 19.1 Å². The molecule has 0 saturated heterocycles. The molecule has 1 amide bonds. The number of nitrogens with two attached hydrogens (primary N) is 1. The molecule has 2 aromatic heterocycles. The molecule has 8 heteroatoms. The minimum absolute atomic E-state index is 0.0125. The molecule has 0 aliphatic rings. The molecule has 0 aliphatic carbocycles. The molecular formula is C25H27N5O3. The third-order valence-corrected chi connectivity index (χ3v) is 5.70. The SMILES string of the molecule is CCCN(C(=O)CCc1c[nH]c2ccccc12)c1c(N)n(Cc2ccccc2)c(=O)[nH]c1=O. The van der Waals surface area contributed by atoms with Gasteiger partial charge in [0.2, 0.25) is 5.91 Å². The number of carbonyl (C=O) groups is 1. The average Bonchev–Trinajstić information content (AvgIpc) is 3.23. The van der Waals surface area contributed by atoms with E-state index < -0.39 is 11.2 Å². The number of amides is 1. The molecule has 0 unspecified atom stereocenters. The maximum Gasteiger partial charge on any atom is 0.330 e. The molecule has 170 valence electrons. The first-order valence-corrected chi connectivity index (χ1v) is 11.0. The Morgan fingerprint density at radius 3 is 2.55 bits per heavy atom. The molecule has 0 spiro atoms. The summed E-state index contributed by atoms with van der Waals surface area (Å²) in [4.78, 5) is 45.4. The van der Waals surface area contributed by atoms with Gasteiger partial charge in [0.05, 0.1) is 6.54 Å². The molecule has 0 fully saturated rings. The number of aromatic amines is 2. The molecule has 4 aromatic rings. The lowest BCUT2D eigenvalue weighted by Crippen LogP contribution is -2.41. The second-order valence-corrected chi connectivity index (χ2v) is 7.97. The highest BCUT2D eigenvalue weighted by Gasteiger charge is 2.24. The third kappa shape index (κ3) is 4.59. The van der Waals surface area contributed by atoms with Crippen LogP contribution < -0.4 is 21.9 Å². The first-order valence-electron chi connectivity index (χ1n) is 11.0. The van der Waals surface area contributed by atoms with Crippen LogP contribution in [0.15, 0.2) is 70.4 Å². The van der Waals surface area contributed by atoms with E-state index in [4.69, 9.17) is 5.73 Å². The summed E-state index contributed by atoms with van der Waals surface area (Å²) >= 11 is 0. The molecule has 0 saturated carbocycles. The van der Waals surface area contributed by atoms with Crippen LogP contribution in [0.2, 0.25) is 0 Å². The van der Waals surface area contributed by atoms with E-state index in [2.05, 4.69) is 9.97 Å². The van der Waals surface area contributed by atoms with Crippen molar-refractivity contribution >= 4 is 28.3 Å². The smallest absolute Gasteiger partial charge is 0.330 e. The second kappa shape index (κ2) is 9.60. The van der Waals surface area contributed by atoms with Crippen molar-refractivity contribution in [3.05, 3.63) is 92.8 Å². The van der Waals surface area contributed by atoms with Crippen molar-refractivity contribution in [3.8, 4) is 0 Å². The molecule has 0 aliphatic heterocycles. The van der Waals surface area contributed by atoms with E-state index in [1.165, 1.54) is 9.47 Å². The van der Waals surface area contributed by atoms with Gasteiger partial charge in [-0.05, 0) is 30.0 Å². The number of fused-ring (bicyclic) bond motifs is 1. The molecule has 8 nitrogen and oxygen atoms in total. The lowest BCUT2D eigenvalue weighted by atomic mass is 10.1. The topological polar surface area (TPSA) is 117 Å². The van der Waals surface area contributed by atoms with Crippen LogP contribution in [0.4, 0.5) is 11.5 Å². The Kier molecular flexibility index (Phi) is 6.44. The van der Waals surface area contributed by atoms with Crippen molar-refractivity contribution in [3.63, 3.8) is 0 Å². The second-order valence-electron chi connectivity index (χ2n) is 7.97. The Morgan fingerprint density at radius 2 is 1.79 bits per heavy atom. The Hall–Kier alpha value is -4.07. The fraction of sp³-hybridized carbons (Fsp3) is 0.240. The van der Waals surface area contributed by atoms with E-state index in [1.54, 1.807) is 0 Å². The summed E-state index contributed by atoms with van der Waals surface area (Å²) in [6, 6.07) is 17.2. The number of para-hydroxylation sites is 1. The summed E-state index contributed by atoms with van der Waals surface area (Å²) in [5.41, 5.74) is 7.98. The maximum absolute atomic E-state index is 13.2. The van der Waals surface area contributed by atoms with Gasteiger partial charge in [-0.15, -0.1) is 0 Å². The number of hydrogen-bond donors (Lipinski definition) is 3. The monoisotopic (exact) mass is 445 g/mol. The van der Waals surface area contributed by atoms with Crippen molar-refractivity contribution in [1.82, 2.24) is 14.5 Å². The van der Waals surface area contributed by atoms with Gasteiger partial charge in [-0.25, -0.2) is 4.79 Å². The van der Waals surface area contributed by atoms with E-state index in [0.717, 1.165) is 22.0 Å². The summed E-state index contributed by atoms with van der Waals surface area (Å²) in [7, 11) is 0. The number of benzene rings is 2. The molecule has 0 atom stereocenters. The van der Waals surface area contributed by atoms with Crippen LogP contribution in [-0.2, 0) is 17.8 Å². The fourth-order valence-electron chi connectivity index (χ4n) is 4.06. The van der Waals surface area contributed by atoms with E-state index in [-0.39, 0.29) is 30.4 Å². The highest BCUT2D eigenvalue weighted by molar-refractivity contribution is 5.96. The maximum atomic E-state index is 13.2. The zero-order valence-electron chi connectivity index (χ0n) is 18.5. The fourth-order valence-corrected chi connectivity index (χ4v) is 4.06. The third-order valence-electron chi connectivity index (χ3n) is 5.70.